The van der Waals surface area contributed by atoms with Gasteiger partial charge in [-0.1, -0.05) is 6.92 Å². The monoisotopic (exact) mass is 296 g/mol. The molecule has 0 aliphatic carbocycles. The summed E-state index contributed by atoms with van der Waals surface area (Å²) in [6.45, 7) is 10.4. The Bertz CT molecular complexity index is 481. The Morgan fingerprint density at radius 3 is 2.67 bits per heavy atom. The minimum absolute atomic E-state index is 0.111. The van der Waals surface area contributed by atoms with Gasteiger partial charge >= 0.3 is 5.82 Å². The number of nitro groups is 1. The molecular formula is C13H24N6O2. The van der Waals surface area contributed by atoms with E-state index in [1.54, 1.807) is 11.6 Å². The van der Waals surface area contributed by atoms with E-state index in [-0.39, 0.29) is 5.82 Å². The van der Waals surface area contributed by atoms with Crippen LogP contribution in [0.5, 0.6) is 0 Å². The summed E-state index contributed by atoms with van der Waals surface area (Å²) < 4.78 is 1.65. The molecule has 0 spiro atoms. The molecule has 1 aromatic rings. The number of hydrogen-bond donors (Lipinski definition) is 1. The summed E-state index contributed by atoms with van der Waals surface area (Å²) in [7, 11) is 1.76. The molecule has 0 unspecified atom stereocenters. The van der Waals surface area contributed by atoms with Crippen LogP contribution in [0.25, 0.3) is 0 Å². The van der Waals surface area contributed by atoms with Crippen LogP contribution < -0.4 is 5.32 Å². The number of aryl methyl sites for hydroxylation is 1. The van der Waals surface area contributed by atoms with Crippen molar-refractivity contribution in [3.8, 4) is 0 Å². The lowest BCUT2D eigenvalue weighted by molar-refractivity contribution is -0.388. The Hall–Kier alpha value is -1.67. The highest BCUT2D eigenvalue weighted by Gasteiger charge is 2.23. The molecule has 8 heteroatoms. The number of piperazine rings is 1. The van der Waals surface area contributed by atoms with Crippen LogP contribution in [0.1, 0.15) is 13.8 Å². The number of likely N-dealkylation sites (N-methyl/N-ethyl adjacent to an activating group) is 1. The van der Waals surface area contributed by atoms with E-state index in [4.69, 9.17) is 0 Å². The van der Waals surface area contributed by atoms with Gasteiger partial charge in [0.1, 0.15) is 0 Å². The second-order valence-corrected chi connectivity index (χ2v) is 5.48. The normalized spacial score (nSPS) is 18.6. The van der Waals surface area contributed by atoms with Crippen LogP contribution in [-0.2, 0) is 7.05 Å². The summed E-state index contributed by atoms with van der Waals surface area (Å²) in [6.07, 6.45) is 1.46. The molecule has 1 aliphatic rings. The summed E-state index contributed by atoms with van der Waals surface area (Å²) in [5.74, 6) is 0.361. The first-order valence-corrected chi connectivity index (χ1v) is 7.39. The van der Waals surface area contributed by atoms with Gasteiger partial charge in [0.05, 0.1) is 0 Å². The van der Waals surface area contributed by atoms with Crippen molar-refractivity contribution in [2.24, 2.45) is 7.05 Å². The number of nitrogens with one attached hydrogen (secondary N) is 1. The van der Waals surface area contributed by atoms with Crippen molar-refractivity contribution >= 4 is 11.6 Å². The fraction of sp³-hybridized carbons (Fsp3) is 0.769. The van der Waals surface area contributed by atoms with Crippen LogP contribution in [0.4, 0.5) is 11.6 Å². The lowest BCUT2D eigenvalue weighted by Gasteiger charge is -2.37. The molecule has 1 N–H and O–H groups in total. The van der Waals surface area contributed by atoms with E-state index in [1.165, 1.54) is 6.33 Å². The van der Waals surface area contributed by atoms with Crippen molar-refractivity contribution in [1.82, 2.24) is 19.4 Å². The van der Waals surface area contributed by atoms with Gasteiger partial charge in [0.25, 0.3) is 0 Å². The van der Waals surface area contributed by atoms with Crippen molar-refractivity contribution in [3.05, 3.63) is 16.4 Å². The molecule has 1 fully saturated rings. The molecule has 118 valence electrons. The van der Waals surface area contributed by atoms with Crippen molar-refractivity contribution in [2.45, 2.75) is 19.9 Å². The van der Waals surface area contributed by atoms with Crippen LogP contribution in [-0.4, -0.2) is 69.6 Å². The third-order valence-corrected chi connectivity index (χ3v) is 4.13. The average Bonchev–Trinajstić information content (AvgIpc) is 2.86. The number of aromatic nitrogens is 2. The SMILES string of the molecule is CCN1CCN([C@H](C)CNc2c([N+](=O)[O-])ncn2C)CC1. The van der Waals surface area contributed by atoms with E-state index in [2.05, 4.69) is 33.9 Å². The van der Waals surface area contributed by atoms with Crippen LogP contribution in [0, 0.1) is 10.1 Å². The van der Waals surface area contributed by atoms with Gasteiger partial charge < -0.3 is 20.3 Å². The molecule has 0 aromatic carbocycles. The Morgan fingerprint density at radius 2 is 2.10 bits per heavy atom. The highest BCUT2D eigenvalue weighted by Crippen LogP contribution is 2.21. The van der Waals surface area contributed by atoms with Gasteiger partial charge in [-0.2, -0.15) is 0 Å². The molecule has 2 rings (SSSR count). The molecule has 21 heavy (non-hydrogen) atoms. The van der Waals surface area contributed by atoms with E-state index in [9.17, 15) is 10.1 Å². The number of nitrogens with zero attached hydrogens (tertiary/aromatic N) is 5. The van der Waals surface area contributed by atoms with Crippen molar-refractivity contribution in [1.29, 1.82) is 0 Å². The van der Waals surface area contributed by atoms with E-state index >= 15 is 0 Å². The first kappa shape index (κ1) is 15.7. The van der Waals surface area contributed by atoms with Crippen LogP contribution in [0.3, 0.4) is 0 Å². The average molecular weight is 296 g/mol. The van der Waals surface area contributed by atoms with Crippen molar-refractivity contribution in [3.63, 3.8) is 0 Å². The minimum Gasteiger partial charge on any atom is -0.363 e. The van der Waals surface area contributed by atoms with Gasteiger partial charge in [0.2, 0.25) is 12.1 Å². The Balaban J connectivity index is 1.88. The highest BCUT2D eigenvalue weighted by molar-refractivity contribution is 5.52. The number of imidazole rings is 1. The molecular weight excluding hydrogens is 272 g/mol. The van der Waals surface area contributed by atoms with Gasteiger partial charge in [0.15, 0.2) is 0 Å². The molecule has 2 heterocycles. The zero-order chi connectivity index (χ0) is 15.4. The van der Waals surface area contributed by atoms with Gasteiger partial charge in [-0.3, -0.25) is 9.47 Å². The Labute approximate surface area is 124 Å². The highest BCUT2D eigenvalue weighted by atomic mass is 16.6. The maximum absolute atomic E-state index is 10.9. The fourth-order valence-corrected chi connectivity index (χ4v) is 2.65. The second kappa shape index (κ2) is 6.86. The third kappa shape index (κ3) is 3.70. The van der Waals surface area contributed by atoms with Crippen molar-refractivity contribution in [2.75, 3.05) is 44.6 Å². The maximum atomic E-state index is 10.9. The zero-order valence-corrected chi connectivity index (χ0v) is 12.9. The number of anilines is 1. The largest absolute Gasteiger partial charge is 0.406 e. The molecule has 0 radical (unpaired) electrons. The predicted octanol–water partition coefficient (Wildman–Crippen LogP) is 0.766. The van der Waals surface area contributed by atoms with E-state index < -0.39 is 4.92 Å². The standard InChI is InChI=1S/C13H24N6O2/c1-4-17-5-7-18(8-6-17)11(2)9-14-12-13(19(20)21)15-10-16(12)3/h10-11,14H,4-9H2,1-3H3/t11-/m1/s1. The Kier molecular flexibility index (Phi) is 5.13. The van der Waals surface area contributed by atoms with Crippen LogP contribution >= 0.6 is 0 Å². The van der Waals surface area contributed by atoms with Gasteiger partial charge in [-0.15, -0.1) is 0 Å². The van der Waals surface area contributed by atoms with E-state index in [1.807, 2.05) is 0 Å². The summed E-state index contributed by atoms with van der Waals surface area (Å²) in [5, 5.41) is 14.1. The third-order valence-electron chi connectivity index (χ3n) is 4.13. The minimum atomic E-state index is -0.451. The fourth-order valence-electron chi connectivity index (χ4n) is 2.65. The van der Waals surface area contributed by atoms with Gasteiger partial charge in [-0.25, -0.2) is 0 Å². The van der Waals surface area contributed by atoms with E-state index in [0.29, 0.717) is 18.4 Å². The molecule has 8 nitrogen and oxygen atoms in total. The topological polar surface area (TPSA) is 79.5 Å². The Morgan fingerprint density at radius 1 is 1.43 bits per heavy atom. The number of hydrogen-bond acceptors (Lipinski definition) is 6. The van der Waals surface area contributed by atoms with E-state index in [0.717, 1.165) is 32.7 Å². The summed E-state index contributed by atoms with van der Waals surface area (Å²) in [4.78, 5) is 19.1. The van der Waals surface area contributed by atoms with Crippen LogP contribution in [0.2, 0.25) is 0 Å². The molecule has 0 saturated carbocycles. The molecule has 0 bridgehead atoms. The molecule has 1 saturated heterocycles. The molecule has 1 atom stereocenters. The first-order chi connectivity index (χ1) is 10.0. The lowest BCUT2D eigenvalue weighted by Crippen LogP contribution is -2.51. The summed E-state index contributed by atoms with van der Waals surface area (Å²) in [6, 6.07) is 0.332. The maximum Gasteiger partial charge on any atom is 0.406 e. The quantitative estimate of drug-likeness (QED) is 0.617. The first-order valence-electron chi connectivity index (χ1n) is 7.39. The molecule has 1 aromatic heterocycles. The number of rotatable bonds is 6. The van der Waals surface area contributed by atoms with Gasteiger partial charge in [-0.05, 0) is 23.4 Å². The summed E-state index contributed by atoms with van der Waals surface area (Å²) in [5.41, 5.74) is 0. The smallest absolute Gasteiger partial charge is 0.363 e. The van der Waals surface area contributed by atoms with Crippen LogP contribution in [0.15, 0.2) is 6.33 Å². The second-order valence-electron chi connectivity index (χ2n) is 5.48. The van der Waals surface area contributed by atoms with Crippen molar-refractivity contribution < 1.29 is 4.92 Å². The zero-order valence-electron chi connectivity index (χ0n) is 12.9. The van der Waals surface area contributed by atoms with Gasteiger partial charge in [0, 0.05) is 45.8 Å². The molecule has 0 amide bonds. The summed E-state index contributed by atoms with van der Waals surface area (Å²) >= 11 is 0. The predicted molar refractivity (Wildman–Crippen MR) is 81.5 cm³/mol. The molecule has 1 aliphatic heterocycles. The lowest BCUT2D eigenvalue weighted by atomic mass is 10.2.